The van der Waals surface area contributed by atoms with E-state index in [0.717, 1.165) is 12.8 Å². The molecule has 0 amide bonds. The van der Waals surface area contributed by atoms with Crippen LogP contribution in [-0.4, -0.2) is 61.4 Å². The first kappa shape index (κ1) is 16.1. The normalized spacial score (nSPS) is 20.3. The molecule has 1 aliphatic heterocycles. The van der Waals surface area contributed by atoms with Gasteiger partial charge in [0.2, 0.25) is 0 Å². The Balaban J connectivity index is 2.62. The smallest absolute Gasteiger partial charge is 0.395 e. The molecular formula is C11H20F3NO2S. The number of aliphatic hydroxyl groups is 1. The predicted octanol–water partition coefficient (Wildman–Crippen LogP) is 1.57. The molecule has 0 aromatic heterocycles. The molecule has 108 valence electrons. The quantitative estimate of drug-likeness (QED) is 0.728. The van der Waals surface area contributed by atoms with Crippen molar-refractivity contribution in [2.45, 2.75) is 19.0 Å². The Bertz CT molecular complexity index is 245. The Hall–Kier alpha value is 0.0200. The molecule has 1 fully saturated rings. The minimum Gasteiger partial charge on any atom is -0.395 e. The Kier molecular flexibility index (Phi) is 6.23. The molecule has 1 heterocycles. The highest BCUT2D eigenvalue weighted by Crippen LogP contribution is 2.33. The monoisotopic (exact) mass is 287 g/mol. The standard InChI is InChI=1S/C11H20F3NO2S/c12-11(13,14)8-15(3-4-16)7-10(9-18)1-5-17-6-2-10/h16,18H,1-9H2. The van der Waals surface area contributed by atoms with Gasteiger partial charge in [-0.15, -0.1) is 0 Å². The van der Waals surface area contributed by atoms with Crippen LogP contribution in [0.3, 0.4) is 0 Å². The molecule has 0 aliphatic carbocycles. The highest BCUT2D eigenvalue weighted by Gasteiger charge is 2.37. The number of halogens is 3. The van der Waals surface area contributed by atoms with Crippen LogP contribution in [0.1, 0.15) is 12.8 Å². The molecule has 1 aliphatic rings. The molecule has 1 saturated heterocycles. The van der Waals surface area contributed by atoms with E-state index in [2.05, 4.69) is 12.6 Å². The second-order valence-electron chi connectivity index (χ2n) is 4.82. The van der Waals surface area contributed by atoms with Gasteiger partial charge in [0.05, 0.1) is 13.2 Å². The first-order chi connectivity index (χ1) is 8.41. The molecule has 3 nitrogen and oxygen atoms in total. The summed E-state index contributed by atoms with van der Waals surface area (Å²) in [6.07, 6.45) is -2.80. The van der Waals surface area contributed by atoms with Gasteiger partial charge in [-0.05, 0) is 24.0 Å². The summed E-state index contributed by atoms with van der Waals surface area (Å²) >= 11 is 4.28. The molecule has 1 N–H and O–H groups in total. The van der Waals surface area contributed by atoms with Gasteiger partial charge in [-0.25, -0.2) is 0 Å². The van der Waals surface area contributed by atoms with E-state index in [4.69, 9.17) is 9.84 Å². The van der Waals surface area contributed by atoms with Crippen molar-refractivity contribution in [3.05, 3.63) is 0 Å². The Morgan fingerprint density at radius 1 is 1.28 bits per heavy atom. The Morgan fingerprint density at radius 3 is 2.33 bits per heavy atom. The van der Waals surface area contributed by atoms with Crippen molar-refractivity contribution in [3.63, 3.8) is 0 Å². The lowest BCUT2D eigenvalue weighted by Crippen LogP contribution is -2.46. The number of alkyl halides is 3. The van der Waals surface area contributed by atoms with E-state index in [0.29, 0.717) is 25.5 Å². The van der Waals surface area contributed by atoms with Crippen LogP contribution in [0, 0.1) is 5.41 Å². The van der Waals surface area contributed by atoms with E-state index in [9.17, 15) is 13.2 Å². The third-order valence-corrected chi connectivity index (χ3v) is 3.94. The third kappa shape index (κ3) is 5.34. The first-order valence-electron chi connectivity index (χ1n) is 5.99. The second kappa shape index (κ2) is 6.98. The molecule has 0 unspecified atom stereocenters. The lowest BCUT2D eigenvalue weighted by molar-refractivity contribution is -0.151. The van der Waals surface area contributed by atoms with Gasteiger partial charge in [0.15, 0.2) is 0 Å². The Morgan fingerprint density at radius 2 is 1.89 bits per heavy atom. The fourth-order valence-corrected chi connectivity index (χ4v) is 2.67. The zero-order valence-electron chi connectivity index (χ0n) is 10.2. The molecule has 0 aromatic carbocycles. The minimum atomic E-state index is -4.24. The number of aliphatic hydroxyl groups excluding tert-OH is 1. The summed E-state index contributed by atoms with van der Waals surface area (Å²) in [7, 11) is 0. The molecule has 0 bridgehead atoms. The van der Waals surface area contributed by atoms with E-state index < -0.39 is 12.7 Å². The lowest BCUT2D eigenvalue weighted by Gasteiger charge is -2.40. The summed E-state index contributed by atoms with van der Waals surface area (Å²) < 4.78 is 42.6. The van der Waals surface area contributed by atoms with Crippen LogP contribution in [0.4, 0.5) is 13.2 Å². The lowest BCUT2D eigenvalue weighted by atomic mass is 9.81. The van der Waals surface area contributed by atoms with Gasteiger partial charge >= 0.3 is 6.18 Å². The number of ether oxygens (including phenoxy) is 1. The number of hydrogen-bond donors (Lipinski definition) is 2. The number of nitrogens with zero attached hydrogens (tertiary/aromatic N) is 1. The summed E-state index contributed by atoms with van der Waals surface area (Å²) in [5, 5.41) is 8.87. The van der Waals surface area contributed by atoms with Crippen molar-refractivity contribution in [1.29, 1.82) is 0 Å². The molecule has 0 radical (unpaired) electrons. The summed E-state index contributed by atoms with van der Waals surface area (Å²) in [4.78, 5) is 1.27. The largest absolute Gasteiger partial charge is 0.401 e. The highest BCUT2D eigenvalue weighted by atomic mass is 32.1. The van der Waals surface area contributed by atoms with Crippen LogP contribution in [0.25, 0.3) is 0 Å². The van der Waals surface area contributed by atoms with Crippen molar-refractivity contribution in [1.82, 2.24) is 4.90 Å². The molecule has 0 spiro atoms. The van der Waals surface area contributed by atoms with Crippen LogP contribution in [0.15, 0.2) is 0 Å². The van der Waals surface area contributed by atoms with Crippen LogP contribution in [0.2, 0.25) is 0 Å². The first-order valence-corrected chi connectivity index (χ1v) is 6.63. The van der Waals surface area contributed by atoms with Crippen LogP contribution < -0.4 is 0 Å². The van der Waals surface area contributed by atoms with Crippen molar-refractivity contribution >= 4 is 12.6 Å². The van der Waals surface area contributed by atoms with Gasteiger partial charge in [0, 0.05) is 26.3 Å². The highest BCUT2D eigenvalue weighted by molar-refractivity contribution is 7.80. The fraction of sp³-hybridized carbons (Fsp3) is 1.00. The van der Waals surface area contributed by atoms with E-state index in [1.54, 1.807) is 0 Å². The van der Waals surface area contributed by atoms with E-state index >= 15 is 0 Å². The van der Waals surface area contributed by atoms with Gasteiger partial charge < -0.3 is 9.84 Å². The number of rotatable bonds is 6. The maximum absolute atomic E-state index is 12.4. The van der Waals surface area contributed by atoms with Gasteiger partial charge in [-0.2, -0.15) is 25.8 Å². The third-order valence-electron chi connectivity index (χ3n) is 3.27. The molecule has 1 rings (SSSR count). The van der Waals surface area contributed by atoms with E-state index in [1.165, 1.54) is 4.90 Å². The van der Waals surface area contributed by atoms with Gasteiger partial charge in [-0.3, -0.25) is 4.90 Å². The van der Waals surface area contributed by atoms with Crippen LogP contribution in [-0.2, 0) is 4.74 Å². The molecule has 7 heteroatoms. The van der Waals surface area contributed by atoms with Gasteiger partial charge in [0.25, 0.3) is 0 Å². The van der Waals surface area contributed by atoms with Gasteiger partial charge in [0.1, 0.15) is 0 Å². The zero-order valence-corrected chi connectivity index (χ0v) is 11.1. The topological polar surface area (TPSA) is 32.7 Å². The molecule has 18 heavy (non-hydrogen) atoms. The second-order valence-corrected chi connectivity index (χ2v) is 5.14. The molecule has 0 atom stereocenters. The molecule has 0 aromatic rings. The van der Waals surface area contributed by atoms with Crippen molar-refractivity contribution < 1.29 is 23.0 Å². The minimum absolute atomic E-state index is 0.0376. The SMILES string of the molecule is OCCN(CC(F)(F)F)CC1(CS)CCOCC1. The van der Waals surface area contributed by atoms with Crippen molar-refractivity contribution in [2.75, 3.05) is 45.2 Å². The predicted molar refractivity (Wildman–Crippen MR) is 65.9 cm³/mol. The molecular weight excluding hydrogens is 267 g/mol. The van der Waals surface area contributed by atoms with Crippen LogP contribution >= 0.6 is 12.6 Å². The molecule has 0 saturated carbocycles. The average Bonchev–Trinajstić information content (AvgIpc) is 2.28. The van der Waals surface area contributed by atoms with Crippen molar-refractivity contribution in [2.24, 2.45) is 5.41 Å². The summed E-state index contributed by atoms with van der Waals surface area (Å²) in [6.45, 7) is 0.230. The maximum atomic E-state index is 12.4. The van der Waals surface area contributed by atoms with Crippen LogP contribution in [0.5, 0.6) is 0 Å². The summed E-state index contributed by atoms with van der Waals surface area (Å²) in [6, 6.07) is 0. The zero-order chi connectivity index (χ0) is 13.6. The van der Waals surface area contributed by atoms with E-state index in [1.807, 2.05) is 0 Å². The number of hydrogen-bond acceptors (Lipinski definition) is 4. The summed E-state index contributed by atoms with van der Waals surface area (Å²) in [5.41, 5.74) is -0.234. The fourth-order valence-electron chi connectivity index (χ4n) is 2.25. The van der Waals surface area contributed by atoms with E-state index in [-0.39, 0.29) is 18.6 Å². The van der Waals surface area contributed by atoms with Crippen molar-refractivity contribution in [3.8, 4) is 0 Å². The average molecular weight is 287 g/mol. The number of thiol groups is 1. The maximum Gasteiger partial charge on any atom is 0.401 e. The van der Waals surface area contributed by atoms with Gasteiger partial charge in [-0.1, -0.05) is 0 Å². The summed E-state index contributed by atoms with van der Waals surface area (Å²) in [5.74, 6) is 0.538. The Labute approximate surface area is 111 Å².